The van der Waals surface area contributed by atoms with E-state index in [9.17, 15) is 4.79 Å². The van der Waals surface area contributed by atoms with Crippen LogP contribution in [0.1, 0.15) is 71.1 Å². The Labute approximate surface area is 106 Å². The topological polar surface area (TPSA) is 49.3 Å². The fraction of sp³-hybridized carbons (Fsp3) is 0.929. The van der Waals surface area contributed by atoms with Crippen molar-refractivity contribution >= 4 is 5.97 Å². The van der Waals surface area contributed by atoms with Crippen LogP contribution in [0.25, 0.3) is 0 Å². The summed E-state index contributed by atoms with van der Waals surface area (Å²) in [7, 11) is 0. The number of carboxylic acids is 1. The maximum absolute atomic E-state index is 10.1. The van der Waals surface area contributed by atoms with Gasteiger partial charge in [0, 0.05) is 6.42 Å². The lowest BCUT2D eigenvalue weighted by atomic mass is 10.1. The lowest BCUT2D eigenvalue weighted by Gasteiger charge is -1.98. The Bertz CT molecular complexity index is 160. The van der Waals surface area contributed by atoms with E-state index in [4.69, 9.17) is 5.11 Å². The first-order valence-corrected chi connectivity index (χ1v) is 7.20. The van der Waals surface area contributed by atoms with E-state index in [1.54, 1.807) is 0 Å². The van der Waals surface area contributed by atoms with Crippen LogP contribution < -0.4 is 5.32 Å². The minimum Gasteiger partial charge on any atom is -0.481 e. The minimum atomic E-state index is -0.663. The third-order valence-corrected chi connectivity index (χ3v) is 2.95. The molecular formula is C14H29NO2. The first-order valence-electron chi connectivity index (χ1n) is 7.20. The summed E-state index contributed by atoms with van der Waals surface area (Å²) in [5.74, 6) is -0.663. The zero-order valence-electron chi connectivity index (χ0n) is 11.3. The average molecular weight is 243 g/mol. The number of nitrogens with one attached hydrogen (secondary N) is 1. The predicted octanol–water partition coefficient (Wildman–Crippen LogP) is 3.58. The SMILES string of the molecule is C1CCNC1.CCCCCCCCCC(=O)O. The van der Waals surface area contributed by atoms with Crippen LogP contribution in [-0.2, 0) is 4.79 Å². The quantitative estimate of drug-likeness (QED) is 0.641. The van der Waals surface area contributed by atoms with Gasteiger partial charge in [-0.25, -0.2) is 0 Å². The van der Waals surface area contributed by atoms with E-state index in [0.717, 1.165) is 12.8 Å². The van der Waals surface area contributed by atoms with Crippen LogP contribution >= 0.6 is 0 Å². The van der Waals surface area contributed by atoms with E-state index < -0.39 is 5.97 Å². The first kappa shape index (κ1) is 16.4. The van der Waals surface area contributed by atoms with Crippen LogP contribution in [0, 0.1) is 0 Å². The Kier molecular flexibility index (Phi) is 13.0. The van der Waals surface area contributed by atoms with Gasteiger partial charge in [-0.1, -0.05) is 45.4 Å². The van der Waals surface area contributed by atoms with Crippen molar-refractivity contribution in [3.8, 4) is 0 Å². The van der Waals surface area contributed by atoms with Crippen LogP contribution in [0.2, 0.25) is 0 Å². The van der Waals surface area contributed by atoms with Crippen molar-refractivity contribution in [1.29, 1.82) is 0 Å². The number of carbonyl (C=O) groups is 1. The molecule has 0 aromatic carbocycles. The van der Waals surface area contributed by atoms with Gasteiger partial charge in [0.05, 0.1) is 0 Å². The number of hydrogen-bond donors (Lipinski definition) is 2. The highest BCUT2D eigenvalue weighted by Crippen LogP contribution is 2.07. The lowest BCUT2D eigenvalue weighted by Crippen LogP contribution is -2.03. The Morgan fingerprint density at radius 1 is 1.00 bits per heavy atom. The molecule has 0 aromatic rings. The molecule has 3 nitrogen and oxygen atoms in total. The molecule has 17 heavy (non-hydrogen) atoms. The molecule has 1 aliphatic heterocycles. The molecule has 1 aliphatic rings. The summed E-state index contributed by atoms with van der Waals surface area (Å²) < 4.78 is 0. The van der Waals surface area contributed by atoms with Gasteiger partial charge >= 0.3 is 5.97 Å². The van der Waals surface area contributed by atoms with Gasteiger partial charge < -0.3 is 10.4 Å². The molecule has 0 bridgehead atoms. The van der Waals surface area contributed by atoms with Gasteiger partial charge in [-0.3, -0.25) is 4.79 Å². The summed E-state index contributed by atoms with van der Waals surface area (Å²) in [6.45, 7) is 4.70. The number of carboxylic acid groups (broad SMARTS) is 1. The second kappa shape index (κ2) is 13.5. The van der Waals surface area contributed by atoms with Gasteiger partial charge in [0.15, 0.2) is 0 Å². The molecule has 1 heterocycles. The van der Waals surface area contributed by atoms with Crippen molar-refractivity contribution in [3.05, 3.63) is 0 Å². The summed E-state index contributed by atoms with van der Waals surface area (Å²) in [6, 6.07) is 0. The van der Waals surface area contributed by atoms with Crippen molar-refractivity contribution in [1.82, 2.24) is 5.32 Å². The van der Waals surface area contributed by atoms with Crippen LogP contribution in [0.4, 0.5) is 0 Å². The number of rotatable bonds is 8. The molecule has 1 rings (SSSR count). The van der Waals surface area contributed by atoms with Gasteiger partial charge in [-0.2, -0.15) is 0 Å². The smallest absolute Gasteiger partial charge is 0.303 e. The zero-order valence-corrected chi connectivity index (χ0v) is 11.3. The third-order valence-electron chi connectivity index (χ3n) is 2.95. The summed E-state index contributed by atoms with van der Waals surface area (Å²) in [4.78, 5) is 10.1. The lowest BCUT2D eigenvalue weighted by molar-refractivity contribution is -0.137. The van der Waals surface area contributed by atoms with Crippen LogP contribution in [-0.4, -0.2) is 24.2 Å². The highest BCUT2D eigenvalue weighted by Gasteiger charge is 1.95. The molecule has 2 N–H and O–H groups in total. The van der Waals surface area contributed by atoms with E-state index in [-0.39, 0.29) is 0 Å². The van der Waals surface area contributed by atoms with Crippen molar-refractivity contribution in [3.63, 3.8) is 0 Å². The normalized spacial score (nSPS) is 14.2. The molecule has 0 aromatic heterocycles. The van der Waals surface area contributed by atoms with Crippen molar-refractivity contribution in [2.45, 2.75) is 71.1 Å². The zero-order chi connectivity index (χ0) is 12.8. The molecule has 0 unspecified atom stereocenters. The summed E-state index contributed by atoms with van der Waals surface area (Å²) in [5.41, 5.74) is 0. The highest BCUT2D eigenvalue weighted by molar-refractivity contribution is 5.66. The summed E-state index contributed by atoms with van der Waals surface area (Å²) in [5, 5.41) is 11.6. The molecule has 0 radical (unpaired) electrons. The fourth-order valence-corrected chi connectivity index (χ4v) is 1.86. The molecule has 0 saturated carbocycles. The fourth-order valence-electron chi connectivity index (χ4n) is 1.86. The predicted molar refractivity (Wildman–Crippen MR) is 72.3 cm³/mol. The van der Waals surface area contributed by atoms with Gasteiger partial charge in [-0.15, -0.1) is 0 Å². The van der Waals surface area contributed by atoms with Gasteiger partial charge in [-0.05, 0) is 32.4 Å². The van der Waals surface area contributed by atoms with Crippen molar-refractivity contribution in [2.75, 3.05) is 13.1 Å². The number of aliphatic carboxylic acids is 1. The summed E-state index contributed by atoms with van der Waals surface area (Å²) in [6.07, 6.45) is 11.4. The van der Waals surface area contributed by atoms with E-state index >= 15 is 0 Å². The molecule has 0 spiro atoms. The standard InChI is InChI=1S/C10H20O2.C4H9N/c1-2-3-4-5-6-7-8-9-10(11)12;1-2-4-5-3-1/h2-9H2,1H3,(H,11,12);5H,1-4H2. The molecule has 102 valence electrons. The van der Waals surface area contributed by atoms with E-state index in [1.165, 1.54) is 58.0 Å². The Morgan fingerprint density at radius 3 is 1.94 bits per heavy atom. The molecule has 0 amide bonds. The molecule has 0 atom stereocenters. The Morgan fingerprint density at radius 2 is 1.53 bits per heavy atom. The van der Waals surface area contributed by atoms with Crippen molar-refractivity contribution in [2.24, 2.45) is 0 Å². The highest BCUT2D eigenvalue weighted by atomic mass is 16.4. The van der Waals surface area contributed by atoms with Crippen LogP contribution in [0.3, 0.4) is 0 Å². The van der Waals surface area contributed by atoms with Gasteiger partial charge in [0.2, 0.25) is 0 Å². The largest absolute Gasteiger partial charge is 0.481 e. The molecule has 0 aliphatic carbocycles. The first-order chi connectivity index (χ1) is 8.27. The van der Waals surface area contributed by atoms with Gasteiger partial charge in [0.25, 0.3) is 0 Å². The van der Waals surface area contributed by atoms with E-state index in [0.29, 0.717) is 6.42 Å². The monoisotopic (exact) mass is 243 g/mol. The molecular weight excluding hydrogens is 214 g/mol. The summed E-state index contributed by atoms with van der Waals surface area (Å²) >= 11 is 0. The van der Waals surface area contributed by atoms with Gasteiger partial charge in [0.1, 0.15) is 0 Å². The minimum absolute atomic E-state index is 0.341. The van der Waals surface area contributed by atoms with E-state index in [1.807, 2.05) is 0 Å². The van der Waals surface area contributed by atoms with Crippen LogP contribution in [0.5, 0.6) is 0 Å². The number of hydrogen-bond acceptors (Lipinski definition) is 2. The third kappa shape index (κ3) is 15.4. The molecule has 1 saturated heterocycles. The number of unbranched alkanes of at least 4 members (excludes halogenated alkanes) is 6. The molecule has 3 heteroatoms. The Hall–Kier alpha value is -0.570. The average Bonchev–Trinajstić information content (AvgIpc) is 2.86. The van der Waals surface area contributed by atoms with E-state index in [2.05, 4.69) is 12.2 Å². The maximum Gasteiger partial charge on any atom is 0.303 e. The maximum atomic E-state index is 10.1. The molecule has 1 fully saturated rings. The Balaban J connectivity index is 0.000000419. The second-order valence-corrected chi connectivity index (χ2v) is 4.72. The second-order valence-electron chi connectivity index (χ2n) is 4.72. The van der Waals surface area contributed by atoms with Crippen molar-refractivity contribution < 1.29 is 9.90 Å². The van der Waals surface area contributed by atoms with Crippen LogP contribution in [0.15, 0.2) is 0 Å².